The van der Waals surface area contributed by atoms with Crippen LogP contribution in [0.2, 0.25) is 0 Å². The molecule has 1 aromatic heterocycles. The molecule has 0 fully saturated rings. The molecule has 10 nitrogen and oxygen atoms in total. The summed E-state index contributed by atoms with van der Waals surface area (Å²) in [5.41, 5.74) is 1.23. The number of hydrogen-bond donors (Lipinski definition) is 4. The molecule has 0 saturated heterocycles. The highest BCUT2D eigenvalue weighted by Crippen LogP contribution is 2.24. The highest BCUT2D eigenvalue weighted by Gasteiger charge is 2.29. The number of rotatable bonds is 10. The molecule has 2 aromatic rings. The van der Waals surface area contributed by atoms with E-state index in [1.165, 1.54) is 23.5 Å². The normalized spacial score (nSPS) is 13.7. The van der Waals surface area contributed by atoms with E-state index in [-0.39, 0.29) is 17.5 Å². The van der Waals surface area contributed by atoms with E-state index in [4.69, 9.17) is 9.29 Å². The van der Waals surface area contributed by atoms with Crippen molar-refractivity contribution in [1.82, 2.24) is 15.6 Å². The lowest BCUT2D eigenvalue weighted by molar-refractivity contribution is -0.125. The van der Waals surface area contributed by atoms with Gasteiger partial charge in [-0.25, -0.2) is 9.78 Å². The highest BCUT2D eigenvalue weighted by molar-refractivity contribution is 7.87. The van der Waals surface area contributed by atoms with Crippen LogP contribution in [0.25, 0.3) is 0 Å². The third-order valence-corrected chi connectivity index (χ3v) is 6.31. The van der Waals surface area contributed by atoms with Gasteiger partial charge in [0.25, 0.3) is 0 Å². The van der Waals surface area contributed by atoms with Crippen molar-refractivity contribution >= 4 is 39.3 Å². The molecule has 194 valence electrons. The van der Waals surface area contributed by atoms with Crippen LogP contribution in [0.15, 0.2) is 29.6 Å². The van der Waals surface area contributed by atoms with Crippen molar-refractivity contribution in [3.8, 4) is 0 Å². The van der Waals surface area contributed by atoms with E-state index in [9.17, 15) is 18.0 Å². The number of aryl methyl sites for hydroxylation is 1. The molecule has 2 unspecified atom stereocenters. The lowest BCUT2D eigenvalue weighted by atomic mass is 10.0. The summed E-state index contributed by atoms with van der Waals surface area (Å²) >= 11 is 1.43. The topological polar surface area (TPSA) is 147 Å². The molecule has 2 atom stereocenters. The summed E-state index contributed by atoms with van der Waals surface area (Å²) in [7, 11) is -4.37. The van der Waals surface area contributed by atoms with Crippen LogP contribution in [0.4, 0.5) is 10.5 Å². The number of nitrogens with one attached hydrogen (secondary N) is 3. The first-order valence-electron chi connectivity index (χ1n) is 11.2. The number of hydrogen-bond acceptors (Lipinski definition) is 7. The molecule has 35 heavy (non-hydrogen) atoms. The van der Waals surface area contributed by atoms with Crippen molar-refractivity contribution in [3.63, 3.8) is 0 Å². The molecule has 1 heterocycles. The van der Waals surface area contributed by atoms with Crippen LogP contribution in [0.5, 0.6) is 0 Å². The number of carbonyl (C=O) groups excluding carboxylic acids is 2. The maximum Gasteiger partial charge on any atom is 0.408 e. The molecule has 4 N–H and O–H groups in total. The predicted molar refractivity (Wildman–Crippen MR) is 136 cm³/mol. The zero-order valence-corrected chi connectivity index (χ0v) is 22.4. The zero-order chi connectivity index (χ0) is 26.4. The molecule has 2 amide bonds. The van der Waals surface area contributed by atoms with Gasteiger partial charge in [0.1, 0.15) is 16.7 Å². The van der Waals surface area contributed by atoms with Gasteiger partial charge in [0.05, 0.1) is 17.4 Å². The Hall–Kier alpha value is -2.70. The smallest absolute Gasteiger partial charge is 0.408 e. The van der Waals surface area contributed by atoms with Crippen LogP contribution in [0, 0.1) is 5.92 Å². The minimum atomic E-state index is -4.37. The van der Waals surface area contributed by atoms with Gasteiger partial charge in [-0.3, -0.25) is 14.1 Å². The molecule has 1 aromatic carbocycles. The van der Waals surface area contributed by atoms with Gasteiger partial charge in [-0.15, -0.1) is 11.3 Å². The molecule has 0 saturated carbocycles. The quantitative estimate of drug-likeness (QED) is 0.344. The van der Waals surface area contributed by atoms with Gasteiger partial charge in [-0.2, -0.15) is 8.42 Å². The van der Waals surface area contributed by atoms with Crippen molar-refractivity contribution in [2.75, 3.05) is 4.72 Å². The van der Waals surface area contributed by atoms with E-state index in [0.717, 1.165) is 22.7 Å². The Balaban J connectivity index is 2.23. The highest BCUT2D eigenvalue weighted by atomic mass is 32.2. The first-order chi connectivity index (χ1) is 16.2. The Morgan fingerprint density at radius 1 is 1.14 bits per heavy atom. The largest absolute Gasteiger partial charge is 0.444 e. The van der Waals surface area contributed by atoms with Gasteiger partial charge in [0.15, 0.2) is 0 Å². The van der Waals surface area contributed by atoms with Crippen molar-refractivity contribution in [1.29, 1.82) is 0 Å². The Bertz CT molecular complexity index is 1110. The molecule has 0 spiro atoms. The molecule has 0 aliphatic carbocycles. The molecular formula is C23H34N4O6S2. The summed E-state index contributed by atoms with van der Waals surface area (Å²) in [4.78, 5) is 30.2. The molecule has 12 heteroatoms. The zero-order valence-electron chi connectivity index (χ0n) is 20.8. The van der Waals surface area contributed by atoms with Crippen LogP contribution in [-0.4, -0.2) is 41.6 Å². The number of alkyl carbamates (subject to hydrolysis) is 1. The lowest BCUT2D eigenvalue weighted by Crippen LogP contribution is -2.51. The summed E-state index contributed by atoms with van der Waals surface area (Å²) in [5.74, 6) is -0.565. The van der Waals surface area contributed by atoms with E-state index in [0.29, 0.717) is 6.42 Å². The van der Waals surface area contributed by atoms with Gasteiger partial charge in [-0.1, -0.05) is 32.9 Å². The Labute approximate surface area is 210 Å². The van der Waals surface area contributed by atoms with Gasteiger partial charge in [0.2, 0.25) is 5.91 Å². The number of carbonyl (C=O) groups is 2. The maximum atomic E-state index is 13.2. The Kier molecular flexibility index (Phi) is 9.64. The van der Waals surface area contributed by atoms with Crippen molar-refractivity contribution in [2.24, 2.45) is 5.92 Å². The van der Waals surface area contributed by atoms with Crippen LogP contribution in [0.3, 0.4) is 0 Å². The second-order valence-corrected chi connectivity index (χ2v) is 11.5. The van der Waals surface area contributed by atoms with Gasteiger partial charge >= 0.3 is 16.4 Å². The number of anilines is 1. The van der Waals surface area contributed by atoms with E-state index >= 15 is 0 Å². The number of ether oxygens (including phenoxy) is 1. The van der Waals surface area contributed by atoms with Crippen LogP contribution >= 0.6 is 11.3 Å². The second-order valence-electron chi connectivity index (χ2n) is 9.44. The lowest BCUT2D eigenvalue weighted by Gasteiger charge is -2.27. The standard InChI is InChI=1S/C23H34N4O6S2/c1-7-16-13-34-21(24-16)18(12-15-8-10-17(11-9-15)27-35(30,31)32)25-20(28)19(14(2)3)26-22(29)33-23(4,5)6/h8-11,13-14,18-19,27H,7,12H2,1-6H3,(H,25,28)(H,26,29)(H,30,31,32). The number of amides is 2. The van der Waals surface area contributed by atoms with Crippen molar-refractivity contribution < 1.29 is 27.3 Å². The third-order valence-electron chi connectivity index (χ3n) is 4.81. The van der Waals surface area contributed by atoms with Crippen LogP contribution in [0.1, 0.15) is 63.8 Å². The van der Waals surface area contributed by atoms with Gasteiger partial charge in [0, 0.05) is 5.38 Å². The van der Waals surface area contributed by atoms with Gasteiger partial charge < -0.3 is 15.4 Å². The predicted octanol–water partition coefficient (Wildman–Crippen LogP) is 3.87. The molecule has 0 aliphatic rings. The van der Waals surface area contributed by atoms with E-state index < -0.39 is 34.1 Å². The third kappa shape index (κ3) is 9.82. The van der Waals surface area contributed by atoms with Crippen molar-refractivity contribution in [3.05, 3.63) is 45.9 Å². The van der Waals surface area contributed by atoms with Crippen LogP contribution in [-0.2, 0) is 32.7 Å². The Morgan fingerprint density at radius 3 is 2.26 bits per heavy atom. The number of nitrogens with zero attached hydrogens (tertiary/aromatic N) is 1. The Morgan fingerprint density at radius 2 is 1.77 bits per heavy atom. The number of aromatic nitrogens is 1. The van der Waals surface area contributed by atoms with E-state index in [1.54, 1.807) is 32.9 Å². The average Bonchev–Trinajstić information content (AvgIpc) is 3.19. The summed E-state index contributed by atoms with van der Waals surface area (Å²) in [6, 6.07) is 5.12. The summed E-state index contributed by atoms with van der Waals surface area (Å²) < 4.78 is 38.3. The fourth-order valence-corrected chi connectivity index (χ4v) is 4.56. The first-order valence-corrected chi connectivity index (χ1v) is 13.6. The summed E-state index contributed by atoms with van der Waals surface area (Å²) in [6.07, 6.45) is 0.459. The second kappa shape index (κ2) is 11.8. The van der Waals surface area contributed by atoms with Crippen molar-refractivity contribution in [2.45, 2.75) is 72.1 Å². The van der Waals surface area contributed by atoms with Crippen LogP contribution < -0.4 is 15.4 Å². The van der Waals surface area contributed by atoms with E-state index in [2.05, 4.69) is 15.6 Å². The van der Waals surface area contributed by atoms with E-state index in [1.807, 2.05) is 30.9 Å². The molecule has 2 rings (SSSR count). The minimum absolute atomic E-state index is 0.198. The monoisotopic (exact) mass is 526 g/mol. The average molecular weight is 527 g/mol. The summed E-state index contributed by atoms with van der Waals surface area (Å²) in [5, 5.41) is 8.32. The summed E-state index contributed by atoms with van der Waals surface area (Å²) in [6.45, 7) is 10.9. The molecule has 0 bridgehead atoms. The molecule has 0 radical (unpaired) electrons. The SMILES string of the molecule is CCc1csc(C(Cc2ccc(NS(=O)(=O)O)cc2)NC(=O)C(NC(=O)OC(C)(C)C)C(C)C)n1. The maximum absolute atomic E-state index is 13.2. The van der Waals surface area contributed by atoms with Gasteiger partial charge in [-0.05, 0) is 57.2 Å². The minimum Gasteiger partial charge on any atom is -0.444 e. The number of thiazole rings is 1. The fraction of sp³-hybridized carbons (Fsp3) is 0.522. The first kappa shape index (κ1) is 28.5. The molecular weight excluding hydrogens is 492 g/mol. The molecule has 0 aliphatic heterocycles. The number of benzene rings is 1. The fourth-order valence-electron chi connectivity index (χ4n) is 3.17.